The standard InChI is InChI=1S/C27H17N4.Pt/c1-2-9-19(10-3-1)22-13-8-15-26(29-22)31-25-14-5-4-11-20(25)21-16-17-24(30-27(21)31)23-12-6-7-18-28-23;/h1-9,11-18H;/q-1;. The second kappa shape index (κ2) is 8.49. The van der Waals surface area contributed by atoms with Gasteiger partial charge >= 0.3 is 0 Å². The summed E-state index contributed by atoms with van der Waals surface area (Å²) in [7, 11) is 0. The maximum absolute atomic E-state index is 5.01. The van der Waals surface area contributed by atoms with Gasteiger partial charge < -0.3 is 0 Å². The predicted molar refractivity (Wildman–Crippen MR) is 124 cm³/mol. The fourth-order valence-electron chi connectivity index (χ4n) is 3.98. The van der Waals surface area contributed by atoms with Crippen LogP contribution in [0.15, 0.2) is 103 Å². The van der Waals surface area contributed by atoms with E-state index in [0.717, 1.165) is 50.4 Å². The van der Waals surface area contributed by atoms with Crippen molar-refractivity contribution < 1.29 is 21.1 Å². The van der Waals surface area contributed by atoms with Crippen LogP contribution in [0.1, 0.15) is 0 Å². The third-order valence-electron chi connectivity index (χ3n) is 5.40. The Labute approximate surface area is 199 Å². The number of pyridine rings is 3. The quantitative estimate of drug-likeness (QED) is 0.234. The van der Waals surface area contributed by atoms with Crippen LogP contribution >= 0.6 is 0 Å². The smallest absolute Gasteiger partial charge is 0.147 e. The van der Waals surface area contributed by atoms with E-state index in [9.17, 15) is 0 Å². The molecule has 4 aromatic heterocycles. The molecule has 0 saturated heterocycles. The van der Waals surface area contributed by atoms with Gasteiger partial charge in [-0.1, -0.05) is 36.4 Å². The normalized spacial score (nSPS) is 10.9. The zero-order valence-electron chi connectivity index (χ0n) is 16.9. The first kappa shape index (κ1) is 20.3. The second-order valence-electron chi connectivity index (χ2n) is 7.29. The molecule has 156 valence electrons. The molecule has 0 spiro atoms. The molecule has 0 unspecified atom stereocenters. The predicted octanol–water partition coefficient (Wildman–Crippen LogP) is 6.10. The first-order valence-electron chi connectivity index (χ1n) is 10.1. The van der Waals surface area contributed by atoms with Gasteiger partial charge in [0.1, 0.15) is 11.5 Å². The number of rotatable bonds is 3. The van der Waals surface area contributed by atoms with E-state index >= 15 is 0 Å². The van der Waals surface area contributed by atoms with E-state index in [1.54, 1.807) is 6.20 Å². The van der Waals surface area contributed by atoms with Gasteiger partial charge in [-0.15, -0.1) is 35.9 Å². The van der Waals surface area contributed by atoms with Gasteiger partial charge in [0.15, 0.2) is 0 Å². The van der Waals surface area contributed by atoms with E-state index in [1.165, 1.54) is 0 Å². The number of aromatic nitrogens is 4. The molecule has 0 radical (unpaired) electrons. The molecular formula is C27H17N4Pt-. The topological polar surface area (TPSA) is 43.6 Å². The number of benzene rings is 2. The largest absolute Gasteiger partial charge is 0.280 e. The maximum atomic E-state index is 5.01. The molecule has 0 aliphatic heterocycles. The molecule has 0 atom stereocenters. The van der Waals surface area contributed by atoms with Crippen molar-refractivity contribution in [2.45, 2.75) is 0 Å². The minimum atomic E-state index is 0. The van der Waals surface area contributed by atoms with Gasteiger partial charge in [0.05, 0.1) is 16.9 Å². The third-order valence-corrected chi connectivity index (χ3v) is 5.40. The molecule has 4 heterocycles. The van der Waals surface area contributed by atoms with Crippen LogP contribution in [-0.4, -0.2) is 19.5 Å². The molecule has 6 rings (SSSR count). The second-order valence-corrected chi connectivity index (χ2v) is 7.29. The average molecular weight is 593 g/mol. The van der Waals surface area contributed by atoms with Gasteiger partial charge in [-0.05, 0) is 42.1 Å². The van der Waals surface area contributed by atoms with E-state index in [4.69, 9.17) is 9.97 Å². The SMILES string of the molecule is [Pt].[c-]1ccccc1-c1cccc(-n2c3ccccc3c3ccc(-c4ccccn4)nc32)n1. The van der Waals surface area contributed by atoms with Crippen molar-refractivity contribution in [3.63, 3.8) is 0 Å². The van der Waals surface area contributed by atoms with E-state index < -0.39 is 0 Å². The zero-order valence-corrected chi connectivity index (χ0v) is 19.2. The average Bonchev–Trinajstić information content (AvgIpc) is 3.19. The Morgan fingerprint density at radius 1 is 0.625 bits per heavy atom. The molecule has 0 N–H and O–H groups in total. The summed E-state index contributed by atoms with van der Waals surface area (Å²) in [5, 5.41) is 2.24. The molecule has 6 aromatic rings. The summed E-state index contributed by atoms with van der Waals surface area (Å²) in [6.07, 6.45) is 1.79. The Bertz CT molecular complexity index is 1530. The van der Waals surface area contributed by atoms with Crippen LogP contribution in [0.25, 0.3) is 50.4 Å². The summed E-state index contributed by atoms with van der Waals surface area (Å²) in [6, 6.07) is 35.6. The van der Waals surface area contributed by atoms with Crippen molar-refractivity contribution in [2.75, 3.05) is 0 Å². The van der Waals surface area contributed by atoms with Crippen LogP contribution in [-0.2, 0) is 21.1 Å². The fourth-order valence-corrected chi connectivity index (χ4v) is 3.98. The molecule has 0 aliphatic carbocycles. The molecule has 0 bridgehead atoms. The van der Waals surface area contributed by atoms with Crippen LogP contribution in [0.4, 0.5) is 0 Å². The molecule has 2 aromatic carbocycles. The Morgan fingerprint density at radius 2 is 1.47 bits per heavy atom. The van der Waals surface area contributed by atoms with Gasteiger partial charge in [-0.3, -0.25) is 14.5 Å². The summed E-state index contributed by atoms with van der Waals surface area (Å²) in [5.74, 6) is 0.826. The number of nitrogens with zero attached hydrogens (tertiary/aromatic N) is 4. The maximum Gasteiger partial charge on any atom is 0.147 e. The molecular weight excluding hydrogens is 575 g/mol. The summed E-state index contributed by atoms with van der Waals surface area (Å²) in [4.78, 5) is 14.5. The minimum absolute atomic E-state index is 0. The Hall–Kier alpha value is -3.62. The Balaban J connectivity index is 0.00000216. The van der Waals surface area contributed by atoms with Crippen molar-refractivity contribution in [1.29, 1.82) is 0 Å². The van der Waals surface area contributed by atoms with Gasteiger partial charge in [0.2, 0.25) is 0 Å². The summed E-state index contributed by atoms with van der Waals surface area (Å²) >= 11 is 0. The zero-order chi connectivity index (χ0) is 20.6. The number of para-hydroxylation sites is 1. The van der Waals surface area contributed by atoms with Crippen molar-refractivity contribution in [2.24, 2.45) is 0 Å². The van der Waals surface area contributed by atoms with Crippen molar-refractivity contribution in [1.82, 2.24) is 19.5 Å². The first-order chi connectivity index (χ1) is 15.4. The van der Waals surface area contributed by atoms with Crippen LogP contribution in [0, 0.1) is 6.07 Å². The van der Waals surface area contributed by atoms with Gasteiger partial charge in [-0.25, -0.2) is 4.98 Å². The molecule has 5 heteroatoms. The number of hydrogen-bond acceptors (Lipinski definition) is 3. The van der Waals surface area contributed by atoms with Crippen LogP contribution < -0.4 is 0 Å². The monoisotopic (exact) mass is 592 g/mol. The molecule has 0 amide bonds. The molecule has 4 nitrogen and oxygen atoms in total. The molecule has 32 heavy (non-hydrogen) atoms. The number of fused-ring (bicyclic) bond motifs is 3. The Morgan fingerprint density at radius 3 is 2.31 bits per heavy atom. The van der Waals surface area contributed by atoms with E-state index in [1.807, 2.05) is 72.8 Å². The van der Waals surface area contributed by atoms with Crippen molar-refractivity contribution in [3.8, 4) is 28.5 Å². The van der Waals surface area contributed by atoms with Gasteiger partial charge in [0.25, 0.3) is 0 Å². The van der Waals surface area contributed by atoms with Crippen LogP contribution in [0.2, 0.25) is 0 Å². The summed E-state index contributed by atoms with van der Waals surface area (Å²) < 4.78 is 2.13. The van der Waals surface area contributed by atoms with Crippen molar-refractivity contribution >= 4 is 21.9 Å². The third kappa shape index (κ3) is 3.43. The van der Waals surface area contributed by atoms with E-state index in [-0.39, 0.29) is 21.1 Å². The summed E-state index contributed by atoms with van der Waals surface area (Å²) in [5.41, 5.74) is 5.47. The van der Waals surface area contributed by atoms with Gasteiger partial charge in [0, 0.05) is 38.0 Å². The first-order valence-corrected chi connectivity index (χ1v) is 10.1. The summed E-state index contributed by atoms with van der Waals surface area (Å²) in [6.45, 7) is 0. The van der Waals surface area contributed by atoms with Gasteiger partial charge in [-0.2, -0.15) is 0 Å². The minimum Gasteiger partial charge on any atom is -0.280 e. The van der Waals surface area contributed by atoms with Crippen LogP contribution in [0.3, 0.4) is 0 Å². The number of hydrogen-bond donors (Lipinski definition) is 0. The van der Waals surface area contributed by atoms with E-state index in [0.29, 0.717) is 0 Å². The van der Waals surface area contributed by atoms with E-state index in [2.05, 4.69) is 39.9 Å². The Kier molecular flexibility index (Phi) is 5.38. The molecule has 0 aliphatic rings. The molecule has 0 saturated carbocycles. The fraction of sp³-hybridized carbons (Fsp3) is 0. The molecule has 0 fully saturated rings. The van der Waals surface area contributed by atoms with Crippen LogP contribution in [0.5, 0.6) is 0 Å². The van der Waals surface area contributed by atoms with Crippen molar-refractivity contribution in [3.05, 3.63) is 109 Å².